The Hall–Kier alpha value is -2.37. The van der Waals surface area contributed by atoms with E-state index in [-0.39, 0.29) is 24.4 Å². The maximum Gasteiger partial charge on any atom is 0.171 e. The van der Waals surface area contributed by atoms with E-state index < -0.39 is 16.8 Å². The summed E-state index contributed by atoms with van der Waals surface area (Å²) < 4.78 is 35.0. The molecule has 7 rings (SSSR count). The van der Waals surface area contributed by atoms with Crippen LogP contribution in [0.5, 0.6) is 5.75 Å². The van der Waals surface area contributed by atoms with Crippen LogP contribution in [0.1, 0.15) is 62.3 Å². The first-order valence-electron chi connectivity index (χ1n) is 18.7. The van der Waals surface area contributed by atoms with E-state index in [1.807, 2.05) is 56.6 Å². The number of ether oxygens (including phenoxy) is 1. The number of hydrogen-bond donors (Lipinski definition) is 1. The minimum absolute atomic E-state index is 0.0145. The minimum Gasteiger partial charge on any atom is -0.494 e. The highest BCUT2D eigenvalue weighted by Gasteiger charge is 2.55. The fourth-order valence-electron chi connectivity index (χ4n) is 8.79. The number of aldehydes is 1. The molecule has 7 nitrogen and oxygen atoms in total. The van der Waals surface area contributed by atoms with E-state index in [0.717, 1.165) is 46.8 Å². The van der Waals surface area contributed by atoms with Gasteiger partial charge in [-0.15, -0.1) is 0 Å². The van der Waals surface area contributed by atoms with Gasteiger partial charge in [-0.25, -0.2) is 12.9 Å². The molecule has 3 saturated carbocycles. The van der Waals surface area contributed by atoms with Crippen molar-refractivity contribution in [3.05, 3.63) is 98.8 Å². The third-order valence-electron chi connectivity index (χ3n) is 12.0. The molecule has 4 fully saturated rings. The number of rotatable bonds is 14. The summed E-state index contributed by atoms with van der Waals surface area (Å²) in [5, 5.41) is 4.46. The smallest absolute Gasteiger partial charge is 0.171 e. The van der Waals surface area contributed by atoms with E-state index >= 15 is 4.39 Å². The molecule has 3 aliphatic carbocycles. The van der Waals surface area contributed by atoms with Crippen LogP contribution in [0, 0.1) is 29.0 Å². The lowest BCUT2D eigenvalue weighted by molar-refractivity contribution is -0.113. The summed E-state index contributed by atoms with van der Waals surface area (Å²) in [6, 6.07) is 19.5. The first kappa shape index (κ1) is 41.8. The number of hydrogen-bond acceptors (Lipinski definition) is 6. The molecule has 290 valence electrons. The van der Waals surface area contributed by atoms with Crippen LogP contribution >= 0.6 is 23.2 Å². The Morgan fingerprint density at radius 3 is 2.42 bits per heavy atom. The maximum absolute atomic E-state index is 15.5. The Bertz CT molecular complexity index is 1730. The molecule has 0 amide bonds. The molecule has 0 radical (unpaired) electrons. The number of likely N-dealkylation sites (N-methyl/N-ethyl adjacent to an activating group) is 1. The standard InChI is InChI=1S/C31H36Cl2FN3O3S.C11H21N/c1-35(2)19-27(16-22-6-5-9-25(32)15-22)36(20-28-29(33)10-11-30(40-3)31(28)34)17-23-7-4-8-24(14-23)18-37-26(21-38)12-13-41(37)39;1-7-9-5-8(11(9,2)3)6-10(7)12-4/h4-11,14-15,21,26-27H,12-13,16-20H2,1-3H3;7-10,12H,5-6H2,1-4H3/t26?,27-,41?;7-,8?,9?,10?/m00/s1. The van der Waals surface area contributed by atoms with Gasteiger partial charge < -0.3 is 19.7 Å². The molecule has 1 N–H and O–H groups in total. The molecule has 7 atom stereocenters. The van der Waals surface area contributed by atoms with Gasteiger partial charge >= 0.3 is 0 Å². The number of benzene rings is 3. The van der Waals surface area contributed by atoms with Gasteiger partial charge in [0.2, 0.25) is 0 Å². The summed E-state index contributed by atoms with van der Waals surface area (Å²) in [7, 11) is 6.41. The molecule has 4 aliphatic rings. The zero-order chi connectivity index (χ0) is 38.4. The zero-order valence-electron chi connectivity index (χ0n) is 32.3. The molecule has 3 aromatic rings. The lowest BCUT2D eigenvalue weighted by atomic mass is 9.45. The Labute approximate surface area is 329 Å². The van der Waals surface area contributed by atoms with Crippen molar-refractivity contribution in [3.63, 3.8) is 0 Å². The fraction of sp³-hybridized carbons (Fsp3) is 0.548. The van der Waals surface area contributed by atoms with Gasteiger partial charge in [0, 0.05) is 59.6 Å². The van der Waals surface area contributed by atoms with Crippen LogP contribution in [0.2, 0.25) is 10.0 Å². The number of methoxy groups -OCH3 is 1. The number of carbonyl (C=O) groups excluding carboxylic acids is 1. The number of nitrogens with zero attached hydrogens (tertiary/aromatic N) is 3. The number of fused-ring (bicyclic) bond motifs is 2. The topological polar surface area (TPSA) is 65.1 Å². The molecule has 53 heavy (non-hydrogen) atoms. The van der Waals surface area contributed by atoms with Crippen molar-refractivity contribution in [2.75, 3.05) is 40.6 Å². The van der Waals surface area contributed by atoms with Crippen molar-refractivity contribution in [2.24, 2.45) is 23.2 Å². The largest absolute Gasteiger partial charge is 0.494 e. The molecule has 2 bridgehead atoms. The molecule has 3 aromatic carbocycles. The van der Waals surface area contributed by atoms with Crippen molar-refractivity contribution in [1.29, 1.82) is 0 Å². The lowest BCUT2D eigenvalue weighted by Gasteiger charge is -2.62. The summed E-state index contributed by atoms with van der Waals surface area (Å²) >= 11 is 12.9. The van der Waals surface area contributed by atoms with Gasteiger partial charge in [0.15, 0.2) is 11.6 Å². The molecule has 1 saturated heterocycles. The first-order valence-corrected chi connectivity index (χ1v) is 20.8. The van der Waals surface area contributed by atoms with E-state index in [9.17, 15) is 9.00 Å². The van der Waals surface area contributed by atoms with Gasteiger partial charge in [-0.05, 0) is 111 Å². The van der Waals surface area contributed by atoms with Crippen LogP contribution in [0.3, 0.4) is 0 Å². The molecule has 0 spiro atoms. The molecular weight excluding hydrogens is 730 g/mol. The molecule has 11 heteroatoms. The summed E-state index contributed by atoms with van der Waals surface area (Å²) in [6.07, 6.45) is 5.07. The van der Waals surface area contributed by atoms with E-state index in [0.29, 0.717) is 59.3 Å². The summed E-state index contributed by atoms with van der Waals surface area (Å²) in [4.78, 5) is 15.9. The van der Waals surface area contributed by atoms with Crippen LogP contribution in [-0.4, -0.2) is 83.3 Å². The highest BCUT2D eigenvalue weighted by atomic mass is 35.5. The molecule has 0 aromatic heterocycles. The van der Waals surface area contributed by atoms with Crippen molar-refractivity contribution >= 4 is 40.5 Å². The second-order valence-electron chi connectivity index (χ2n) is 16.0. The van der Waals surface area contributed by atoms with E-state index in [1.165, 1.54) is 26.0 Å². The van der Waals surface area contributed by atoms with Crippen LogP contribution < -0.4 is 10.1 Å². The quantitative estimate of drug-likeness (QED) is 0.167. The van der Waals surface area contributed by atoms with Gasteiger partial charge in [-0.1, -0.05) is 80.4 Å². The van der Waals surface area contributed by atoms with Gasteiger partial charge in [0.05, 0.1) is 24.1 Å². The van der Waals surface area contributed by atoms with Crippen LogP contribution in [0.4, 0.5) is 4.39 Å². The van der Waals surface area contributed by atoms with Crippen molar-refractivity contribution < 1.29 is 18.1 Å². The number of carbonyl (C=O) groups is 1. The highest BCUT2D eigenvalue weighted by Crippen LogP contribution is 2.61. The highest BCUT2D eigenvalue weighted by molar-refractivity contribution is 7.82. The van der Waals surface area contributed by atoms with Gasteiger partial charge in [-0.2, -0.15) is 0 Å². The van der Waals surface area contributed by atoms with Crippen molar-refractivity contribution in [3.8, 4) is 5.75 Å². The van der Waals surface area contributed by atoms with Crippen molar-refractivity contribution in [2.45, 2.75) is 84.2 Å². The Morgan fingerprint density at radius 2 is 1.77 bits per heavy atom. The second kappa shape index (κ2) is 18.5. The summed E-state index contributed by atoms with van der Waals surface area (Å²) in [6.45, 7) is 9.23. The fourth-order valence-corrected chi connectivity index (χ4v) is 10.6. The predicted octanol–water partition coefficient (Wildman–Crippen LogP) is 8.03. The minimum atomic E-state index is -1.18. The van der Waals surface area contributed by atoms with Gasteiger partial charge in [0.25, 0.3) is 0 Å². The van der Waals surface area contributed by atoms with Crippen LogP contribution in [0.25, 0.3) is 0 Å². The summed E-state index contributed by atoms with van der Waals surface area (Å²) in [5.41, 5.74) is 4.08. The molecule has 1 aliphatic heterocycles. The maximum atomic E-state index is 15.5. The monoisotopic (exact) mass is 786 g/mol. The normalized spacial score (nSPS) is 25.4. The average molecular weight is 788 g/mol. The Morgan fingerprint density at radius 1 is 1.06 bits per heavy atom. The SMILES string of the molecule is CNC1CC2CC([C@@H]1C)C2(C)C.COc1ccc(Cl)c(CN(Cc2cccc(CN3C(C=O)CCS3=O)c2)[C@@H](Cc2cccc(Cl)c2)CN(C)C)c1F. The molecule has 1 heterocycles. The van der Waals surface area contributed by atoms with Crippen LogP contribution in [-0.2, 0) is 41.8 Å². The zero-order valence-corrected chi connectivity index (χ0v) is 34.6. The van der Waals surface area contributed by atoms with Crippen molar-refractivity contribution in [1.82, 2.24) is 19.4 Å². The lowest BCUT2D eigenvalue weighted by Crippen LogP contribution is -2.59. The predicted molar refractivity (Wildman–Crippen MR) is 216 cm³/mol. The molecule has 5 unspecified atom stereocenters. The van der Waals surface area contributed by atoms with Gasteiger partial charge in [0.1, 0.15) is 6.29 Å². The molecular formula is C42H57Cl2FN4O3S. The van der Waals surface area contributed by atoms with Crippen LogP contribution in [0.15, 0.2) is 60.7 Å². The van der Waals surface area contributed by atoms with Gasteiger partial charge in [-0.3, -0.25) is 4.90 Å². The third kappa shape index (κ3) is 10.1. The first-order chi connectivity index (χ1) is 25.2. The third-order valence-corrected chi connectivity index (χ3v) is 14.1. The number of halogens is 3. The Kier molecular flexibility index (Phi) is 14.6. The Balaban J connectivity index is 0.000000378. The van der Waals surface area contributed by atoms with E-state index in [4.69, 9.17) is 27.9 Å². The van der Waals surface area contributed by atoms with E-state index in [2.05, 4.69) is 49.0 Å². The average Bonchev–Trinajstić information content (AvgIpc) is 3.47. The summed E-state index contributed by atoms with van der Waals surface area (Å²) in [5.74, 6) is 3.04. The van der Waals surface area contributed by atoms with E-state index in [1.54, 1.807) is 10.4 Å². The number of nitrogens with one attached hydrogen (secondary N) is 1. The second-order valence-corrected chi connectivity index (χ2v) is 18.3.